The van der Waals surface area contributed by atoms with E-state index >= 15 is 0 Å². The number of phenols is 1. The Kier molecular flexibility index (Phi) is 2.96. The van der Waals surface area contributed by atoms with Crippen molar-refractivity contribution in [2.24, 2.45) is 0 Å². The third kappa shape index (κ3) is 1.71. The van der Waals surface area contributed by atoms with Crippen LogP contribution < -0.4 is 9.47 Å². The lowest BCUT2D eigenvalue weighted by molar-refractivity contribution is -0.143. The van der Waals surface area contributed by atoms with Gasteiger partial charge in [-0.05, 0) is 12.8 Å². The molecule has 0 saturated heterocycles. The molecule has 0 atom stereocenters. The smallest absolute Gasteiger partial charge is 0.314 e. The van der Waals surface area contributed by atoms with E-state index in [1.807, 2.05) is 0 Å². The molecule has 1 aromatic carbocycles. The zero-order chi connectivity index (χ0) is 14.3. The number of phenolic OH excluding ortho intramolecular Hbond substituents is 1. The molecule has 2 aliphatic rings. The van der Waals surface area contributed by atoms with Crippen LogP contribution in [0.15, 0.2) is 6.07 Å². The zero-order valence-corrected chi connectivity index (χ0v) is 10.8. The number of aliphatic carboxylic acids is 1. The molecule has 1 aliphatic carbocycles. The molecule has 0 bridgehead atoms. The van der Waals surface area contributed by atoms with Gasteiger partial charge >= 0.3 is 5.97 Å². The van der Waals surface area contributed by atoms with E-state index in [4.69, 9.17) is 9.47 Å². The minimum atomic E-state index is -1.34. The van der Waals surface area contributed by atoms with Gasteiger partial charge in [-0.3, -0.25) is 4.79 Å². The van der Waals surface area contributed by atoms with Crippen LogP contribution in [-0.2, 0) is 10.2 Å². The van der Waals surface area contributed by atoms with Crippen LogP contribution in [0, 0.1) is 5.82 Å². The Morgan fingerprint density at radius 1 is 1.25 bits per heavy atom. The summed E-state index contributed by atoms with van der Waals surface area (Å²) in [7, 11) is 0. The van der Waals surface area contributed by atoms with Crippen LogP contribution in [0.2, 0.25) is 0 Å². The standard InChI is InChI=1S/C14H15FO5/c15-11-8(16)7-9-12(20-6-5-19-9)10(11)14(13(17)18)3-1-2-4-14/h7,16H,1-6H2,(H,17,18). The lowest BCUT2D eigenvalue weighted by Crippen LogP contribution is -2.35. The first-order valence-electron chi connectivity index (χ1n) is 6.61. The molecule has 6 heteroatoms. The summed E-state index contributed by atoms with van der Waals surface area (Å²) in [5, 5.41) is 19.3. The Bertz CT molecular complexity index is 563. The molecule has 2 N–H and O–H groups in total. The topological polar surface area (TPSA) is 76.0 Å². The van der Waals surface area contributed by atoms with Crippen LogP contribution in [0.5, 0.6) is 17.2 Å². The van der Waals surface area contributed by atoms with Crippen molar-refractivity contribution in [3.05, 3.63) is 17.4 Å². The SMILES string of the molecule is O=C(O)C1(c2c(F)c(O)cc3c2OCCO3)CCCC1. The first kappa shape index (κ1) is 13.0. The highest BCUT2D eigenvalue weighted by molar-refractivity contribution is 5.84. The van der Waals surface area contributed by atoms with Crippen molar-refractivity contribution >= 4 is 5.97 Å². The van der Waals surface area contributed by atoms with Gasteiger partial charge in [-0.15, -0.1) is 0 Å². The Hall–Kier alpha value is -1.98. The molecule has 5 nitrogen and oxygen atoms in total. The van der Waals surface area contributed by atoms with Crippen LogP contribution in [0.3, 0.4) is 0 Å². The largest absolute Gasteiger partial charge is 0.505 e. The second-order valence-electron chi connectivity index (χ2n) is 5.20. The number of benzene rings is 1. The molecule has 1 aromatic rings. The molecule has 0 aromatic heterocycles. The molecular weight excluding hydrogens is 267 g/mol. The zero-order valence-electron chi connectivity index (χ0n) is 10.8. The van der Waals surface area contributed by atoms with Crippen LogP contribution in [0.25, 0.3) is 0 Å². The molecule has 1 saturated carbocycles. The minimum absolute atomic E-state index is 0.0720. The maximum Gasteiger partial charge on any atom is 0.314 e. The summed E-state index contributed by atoms with van der Waals surface area (Å²) in [4.78, 5) is 11.7. The van der Waals surface area contributed by atoms with Crippen LogP contribution >= 0.6 is 0 Å². The van der Waals surface area contributed by atoms with Crippen molar-refractivity contribution < 1.29 is 28.9 Å². The molecule has 1 aliphatic heterocycles. The second-order valence-corrected chi connectivity index (χ2v) is 5.20. The number of halogens is 1. The second kappa shape index (κ2) is 4.54. The molecule has 0 amide bonds. The Balaban J connectivity index is 2.26. The van der Waals surface area contributed by atoms with Crippen molar-refractivity contribution in [2.75, 3.05) is 13.2 Å². The van der Waals surface area contributed by atoms with Gasteiger partial charge in [0.25, 0.3) is 0 Å². The average Bonchev–Trinajstić information content (AvgIpc) is 2.90. The number of ether oxygens (including phenoxy) is 2. The van der Waals surface area contributed by atoms with Gasteiger partial charge in [-0.1, -0.05) is 12.8 Å². The number of hydrogen-bond donors (Lipinski definition) is 2. The first-order valence-corrected chi connectivity index (χ1v) is 6.61. The summed E-state index contributed by atoms with van der Waals surface area (Å²) in [6, 6.07) is 1.14. The van der Waals surface area contributed by atoms with Gasteiger partial charge in [0, 0.05) is 6.07 Å². The van der Waals surface area contributed by atoms with Gasteiger partial charge in [-0.25, -0.2) is 4.39 Å². The fourth-order valence-electron chi connectivity index (χ4n) is 3.13. The van der Waals surface area contributed by atoms with E-state index in [-0.39, 0.29) is 30.3 Å². The van der Waals surface area contributed by atoms with E-state index in [0.717, 1.165) is 6.07 Å². The summed E-state index contributed by atoms with van der Waals surface area (Å²) < 4.78 is 25.2. The lowest BCUT2D eigenvalue weighted by atomic mass is 9.77. The number of aromatic hydroxyl groups is 1. The monoisotopic (exact) mass is 282 g/mol. The van der Waals surface area contributed by atoms with Gasteiger partial charge in [0.2, 0.25) is 0 Å². The first-order chi connectivity index (χ1) is 9.56. The van der Waals surface area contributed by atoms with Gasteiger partial charge in [0.05, 0.1) is 11.0 Å². The fraction of sp³-hybridized carbons (Fsp3) is 0.500. The van der Waals surface area contributed by atoms with Crippen molar-refractivity contribution in [1.82, 2.24) is 0 Å². The summed E-state index contributed by atoms with van der Waals surface area (Å²) in [5.74, 6) is -2.28. The van der Waals surface area contributed by atoms with Crippen molar-refractivity contribution in [1.29, 1.82) is 0 Å². The Labute approximate surface area is 114 Å². The molecule has 1 heterocycles. The van der Waals surface area contributed by atoms with Gasteiger partial charge < -0.3 is 19.7 Å². The van der Waals surface area contributed by atoms with E-state index < -0.39 is 23.0 Å². The fourth-order valence-corrected chi connectivity index (χ4v) is 3.13. The van der Waals surface area contributed by atoms with E-state index in [2.05, 4.69) is 0 Å². The number of carboxylic acids is 1. The van der Waals surface area contributed by atoms with Gasteiger partial charge in [0.15, 0.2) is 23.1 Å². The number of hydrogen-bond acceptors (Lipinski definition) is 4. The third-order valence-corrected chi connectivity index (χ3v) is 4.10. The van der Waals surface area contributed by atoms with E-state index in [9.17, 15) is 19.4 Å². The molecule has 3 rings (SSSR count). The molecule has 1 fully saturated rings. The molecule has 20 heavy (non-hydrogen) atoms. The molecule has 0 spiro atoms. The maximum absolute atomic E-state index is 14.4. The summed E-state index contributed by atoms with van der Waals surface area (Å²) in [6.07, 6.45) is 2.07. The number of rotatable bonds is 2. The molecule has 0 radical (unpaired) electrons. The van der Waals surface area contributed by atoms with Crippen LogP contribution in [0.4, 0.5) is 4.39 Å². The van der Waals surface area contributed by atoms with Gasteiger partial charge in [-0.2, -0.15) is 0 Å². The predicted octanol–water partition coefficient (Wildman–Crippen LogP) is 2.20. The van der Waals surface area contributed by atoms with Crippen molar-refractivity contribution in [3.8, 4) is 17.2 Å². The predicted molar refractivity (Wildman–Crippen MR) is 66.8 cm³/mol. The molecule has 108 valence electrons. The quantitative estimate of drug-likeness (QED) is 0.869. The summed E-state index contributed by atoms with van der Waals surface area (Å²) >= 11 is 0. The number of carbonyl (C=O) groups is 1. The van der Waals surface area contributed by atoms with Crippen LogP contribution in [-0.4, -0.2) is 29.4 Å². The molecular formula is C14H15FO5. The maximum atomic E-state index is 14.4. The summed E-state index contributed by atoms with van der Waals surface area (Å²) in [5.41, 5.74) is -1.41. The van der Waals surface area contributed by atoms with E-state index in [1.54, 1.807) is 0 Å². The minimum Gasteiger partial charge on any atom is -0.505 e. The Morgan fingerprint density at radius 2 is 1.90 bits per heavy atom. The van der Waals surface area contributed by atoms with E-state index in [0.29, 0.717) is 25.7 Å². The highest BCUT2D eigenvalue weighted by Crippen LogP contribution is 2.51. The number of carboxylic acid groups (broad SMARTS) is 1. The van der Waals surface area contributed by atoms with E-state index in [1.165, 1.54) is 0 Å². The Morgan fingerprint density at radius 3 is 2.55 bits per heavy atom. The highest BCUT2D eigenvalue weighted by atomic mass is 19.1. The third-order valence-electron chi connectivity index (χ3n) is 4.10. The number of fused-ring (bicyclic) bond motifs is 1. The van der Waals surface area contributed by atoms with Crippen LogP contribution in [0.1, 0.15) is 31.2 Å². The molecule has 0 unspecified atom stereocenters. The summed E-state index contributed by atoms with van der Waals surface area (Å²) in [6.45, 7) is 0.525. The van der Waals surface area contributed by atoms with Crippen molar-refractivity contribution in [2.45, 2.75) is 31.1 Å². The highest BCUT2D eigenvalue weighted by Gasteiger charge is 2.48. The van der Waals surface area contributed by atoms with Gasteiger partial charge in [0.1, 0.15) is 13.2 Å². The normalized spacial score (nSPS) is 19.9. The lowest BCUT2D eigenvalue weighted by Gasteiger charge is -2.30. The van der Waals surface area contributed by atoms with Crippen molar-refractivity contribution in [3.63, 3.8) is 0 Å². The average molecular weight is 282 g/mol.